The first-order valence-electron chi connectivity index (χ1n) is 6.93. The molecule has 1 fully saturated rings. The van der Waals surface area contributed by atoms with Gasteiger partial charge in [-0.2, -0.15) is 11.8 Å². The van der Waals surface area contributed by atoms with Gasteiger partial charge in [-0.3, -0.25) is 4.79 Å². The Balaban J connectivity index is 1.51. The highest BCUT2D eigenvalue weighted by molar-refractivity contribution is 7.98. The molecule has 0 aliphatic carbocycles. The van der Waals surface area contributed by atoms with Crippen molar-refractivity contribution >= 4 is 17.7 Å². The van der Waals surface area contributed by atoms with E-state index in [4.69, 9.17) is 4.74 Å². The zero-order valence-electron chi connectivity index (χ0n) is 11.4. The second kappa shape index (κ2) is 8.27. The minimum atomic E-state index is -0.197. The van der Waals surface area contributed by atoms with E-state index in [1.165, 1.54) is 12.1 Å². The summed E-state index contributed by atoms with van der Waals surface area (Å²) < 4.78 is 17.9. The fourth-order valence-electron chi connectivity index (χ4n) is 2.04. The first-order valence-corrected chi connectivity index (χ1v) is 8.09. The van der Waals surface area contributed by atoms with Gasteiger partial charge in [-0.15, -0.1) is 0 Å². The van der Waals surface area contributed by atoms with E-state index in [2.05, 4.69) is 5.32 Å². The van der Waals surface area contributed by atoms with E-state index in [1.54, 1.807) is 11.8 Å². The first kappa shape index (κ1) is 15.3. The molecule has 1 unspecified atom stereocenters. The number of benzene rings is 1. The van der Waals surface area contributed by atoms with Crippen LogP contribution >= 0.6 is 11.8 Å². The van der Waals surface area contributed by atoms with Crippen LogP contribution in [0.1, 0.15) is 18.4 Å². The number of rotatable bonds is 7. The highest BCUT2D eigenvalue weighted by Gasteiger charge is 2.22. The van der Waals surface area contributed by atoms with E-state index in [-0.39, 0.29) is 17.6 Å². The fraction of sp³-hybridized carbons (Fsp3) is 0.533. The average Bonchev–Trinajstić information content (AvgIpc) is 2.98. The fourth-order valence-corrected chi connectivity index (χ4v) is 2.96. The van der Waals surface area contributed by atoms with Crippen molar-refractivity contribution < 1.29 is 13.9 Å². The third-order valence-electron chi connectivity index (χ3n) is 3.25. The molecule has 1 atom stereocenters. The summed E-state index contributed by atoms with van der Waals surface area (Å²) in [7, 11) is 0. The molecule has 1 amide bonds. The van der Waals surface area contributed by atoms with Gasteiger partial charge in [0, 0.05) is 18.9 Å². The number of hydrogen-bond donors (Lipinski definition) is 1. The number of carbonyl (C=O) groups is 1. The van der Waals surface area contributed by atoms with Crippen molar-refractivity contribution in [3.63, 3.8) is 0 Å². The Kier molecular flexibility index (Phi) is 6.33. The molecule has 1 aliphatic heterocycles. The van der Waals surface area contributed by atoms with Crippen LogP contribution in [-0.4, -0.2) is 31.4 Å². The van der Waals surface area contributed by atoms with Crippen molar-refractivity contribution in [3.8, 4) is 0 Å². The van der Waals surface area contributed by atoms with Gasteiger partial charge in [-0.25, -0.2) is 4.39 Å². The van der Waals surface area contributed by atoms with Crippen LogP contribution in [0.3, 0.4) is 0 Å². The molecular formula is C15H20FNO2S. The quantitative estimate of drug-likeness (QED) is 0.786. The van der Waals surface area contributed by atoms with Crippen molar-refractivity contribution in [2.75, 3.05) is 25.5 Å². The molecule has 5 heteroatoms. The van der Waals surface area contributed by atoms with Crippen molar-refractivity contribution in [3.05, 3.63) is 35.6 Å². The van der Waals surface area contributed by atoms with Crippen molar-refractivity contribution in [1.29, 1.82) is 0 Å². The molecule has 0 radical (unpaired) electrons. The van der Waals surface area contributed by atoms with Crippen molar-refractivity contribution in [2.24, 2.45) is 5.92 Å². The number of carbonyl (C=O) groups excluding carboxylic acids is 1. The van der Waals surface area contributed by atoms with Gasteiger partial charge in [0.15, 0.2) is 0 Å². The molecule has 1 saturated heterocycles. The predicted molar refractivity (Wildman–Crippen MR) is 79.1 cm³/mol. The van der Waals surface area contributed by atoms with Crippen LogP contribution in [0.15, 0.2) is 24.3 Å². The maximum atomic E-state index is 12.7. The molecular weight excluding hydrogens is 277 g/mol. The summed E-state index contributed by atoms with van der Waals surface area (Å²) >= 11 is 1.80. The minimum Gasteiger partial charge on any atom is -0.381 e. The van der Waals surface area contributed by atoms with Gasteiger partial charge in [0.05, 0.1) is 12.5 Å². The lowest BCUT2D eigenvalue weighted by Gasteiger charge is -2.09. The van der Waals surface area contributed by atoms with E-state index in [0.29, 0.717) is 19.8 Å². The number of hydrogen-bond acceptors (Lipinski definition) is 3. The van der Waals surface area contributed by atoms with E-state index in [9.17, 15) is 9.18 Å². The van der Waals surface area contributed by atoms with Crippen LogP contribution in [0.25, 0.3) is 0 Å². The van der Waals surface area contributed by atoms with Gasteiger partial charge in [-0.05, 0) is 36.3 Å². The Morgan fingerprint density at radius 3 is 2.90 bits per heavy atom. The van der Waals surface area contributed by atoms with Gasteiger partial charge in [-0.1, -0.05) is 12.1 Å². The van der Waals surface area contributed by atoms with Crippen LogP contribution in [-0.2, 0) is 15.3 Å². The Morgan fingerprint density at radius 1 is 1.40 bits per heavy atom. The Morgan fingerprint density at radius 2 is 2.20 bits per heavy atom. The normalized spacial score (nSPS) is 18.1. The maximum Gasteiger partial charge on any atom is 0.225 e. The van der Waals surface area contributed by atoms with Crippen LogP contribution < -0.4 is 5.32 Å². The van der Waals surface area contributed by atoms with Gasteiger partial charge in [0.25, 0.3) is 0 Å². The Bertz CT molecular complexity index is 418. The summed E-state index contributed by atoms with van der Waals surface area (Å²) in [4.78, 5) is 11.7. The number of nitrogens with one attached hydrogen (secondary N) is 1. The third-order valence-corrected chi connectivity index (χ3v) is 4.36. The molecule has 110 valence electrons. The lowest BCUT2D eigenvalue weighted by Crippen LogP contribution is -2.31. The number of amides is 1. The topological polar surface area (TPSA) is 38.3 Å². The third kappa shape index (κ3) is 5.13. The summed E-state index contributed by atoms with van der Waals surface area (Å²) in [5.41, 5.74) is 1.13. The molecule has 20 heavy (non-hydrogen) atoms. The van der Waals surface area contributed by atoms with Crippen LogP contribution in [0, 0.1) is 11.7 Å². The zero-order valence-corrected chi connectivity index (χ0v) is 12.3. The number of halogens is 1. The zero-order chi connectivity index (χ0) is 14.2. The molecule has 3 nitrogen and oxygen atoms in total. The van der Waals surface area contributed by atoms with Gasteiger partial charge in [0.2, 0.25) is 5.91 Å². The Labute approximate surface area is 123 Å². The molecule has 0 aromatic heterocycles. The monoisotopic (exact) mass is 297 g/mol. The van der Waals surface area contributed by atoms with E-state index in [0.717, 1.165) is 29.9 Å². The van der Waals surface area contributed by atoms with Crippen molar-refractivity contribution in [2.45, 2.75) is 18.6 Å². The van der Waals surface area contributed by atoms with Crippen LogP contribution in [0.5, 0.6) is 0 Å². The summed E-state index contributed by atoms with van der Waals surface area (Å²) in [5.74, 6) is 1.83. The molecule has 1 aromatic carbocycles. The number of thioether (sulfide) groups is 1. The average molecular weight is 297 g/mol. The minimum absolute atomic E-state index is 0.0434. The van der Waals surface area contributed by atoms with Crippen LogP contribution in [0.2, 0.25) is 0 Å². The smallest absolute Gasteiger partial charge is 0.225 e. The van der Waals surface area contributed by atoms with Crippen molar-refractivity contribution in [1.82, 2.24) is 5.32 Å². The second-order valence-electron chi connectivity index (χ2n) is 4.88. The van der Waals surface area contributed by atoms with E-state index in [1.807, 2.05) is 12.1 Å². The highest BCUT2D eigenvalue weighted by Crippen LogP contribution is 2.14. The molecule has 1 aromatic rings. The molecule has 1 aliphatic rings. The summed E-state index contributed by atoms with van der Waals surface area (Å²) in [6.07, 6.45) is 1.79. The van der Waals surface area contributed by atoms with Gasteiger partial charge < -0.3 is 10.1 Å². The SMILES string of the molecule is O=C(NCCCSCc1ccc(F)cc1)C1CCOC1. The standard InChI is InChI=1S/C15H20FNO2S/c16-14-4-2-12(3-5-14)11-20-9-1-7-17-15(18)13-6-8-19-10-13/h2-5,13H,1,6-11H2,(H,17,18). The molecule has 1 heterocycles. The molecule has 2 rings (SSSR count). The van der Waals surface area contributed by atoms with Gasteiger partial charge in [0.1, 0.15) is 5.82 Å². The summed E-state index contributed by atoms with van der Waals surface area (Å²) in [6, 6.07) is 6.59. The Hall–Kier alpha value is -1.07. The molecule has 0 saturated carbocycles. The highest BCUT2D eigenvalue weighted by atomic mass is 32.2. The van der Waals surface area contributed by atoms with E-state index < -0.39 is 0 Å². The largest absolute Gasteiger partial charge is 0.381 e. The van der Waals surface area contributed by atoms with Gasteiger partial charge >= 0.3 is 0 Å². The predicted octanol–water partition coefficient (Wildman–Crippen LogP) is 2.60. The lowest BCUT2D eigenvalue weighted by molar-refractivity contribution is -0.124. The van der Waals surface area contributed by atoms with Crippen LogP contribution in [0.4, 0.5) is 4.39 Å². The summed E-state index contributed by atoms with van der Waals surface area (Å²) in [6.45, 7) is 1.97. The summed E-state index contributed by atoms with van der Waals surface area (Å²) in [5, 5.41) is 2.95. The molecule has 0 bridgehead atoms. The number of ether oxygens (including phenoxy) is 1. The lowest BCUT2D eigenvalue weighted by atomic mass is 10.1. The molecule has 1 N–H and O–H groups in total. The first-order chi connectivity index (χ1) is 9.75. The second-order valence-corrected chi connectivity index (χ2v) is 5.99. The van der Waals surface area contributed by atoms with E-state index >= 15 is 0 Å². The maximum absolute atomic E-state index is 12.7. The molecule has 0 spiro atoms.